The molecular weight excluding hydrogens is 241 g/mol. The Morgan fingerprint density at radius 1 is 1.00 bits per heavy atom. The molecule has 0 atom stereocenters. The van der Waals surface area contributed by atoms with Gasteiger partial charge in [0.15, 0.2) is 23.2 Å². The van der Waals surface area contributed by atoms with E-state index < -0.39 is 17.5 Å². The van der Waals surface area contributed by atoms with Crippen LogP contribution < -0.4 is 0 Å². The molecular formula is C14H9F3O. The second kappa shape index (κ2) is 4.64. The van der Waals surface area contributed by atoms with Crippen LogP contribution in [0, 0.1) is 17.5 Å². The van der Waals surface area contributed by atoms with E-state index in [2.05, 4.69) is 0 Å². The summed E-state index contributed by atoms with van der Waals surface area (Å²) >= 11 is 0. The quantitative estimate of drug-likeness (QED) is 0.582. The third-order valence-corrected chi connectivity index (χ3v) is 2.62. The van der Waals surface area contributed by atoms with Crippen molar-refractivity contribution in [2.24, 2.45) is 0 Å². The van der Waals surface area contributed by atoms with Crippen molar-refractivity contribution in [3.8, 4) is 11.1 Å². The number of carbonyl (C=O) groups excluding carboxylic acids is 1. The molecule has 0 aromatic heterocycles. The molecule has 1 nitrogen and oxygen atoms in total. The summed E-state index contributed by atoms with van der Waals surface area (Å²) in [6, 6.07) is 8.11. The maximum Gasteiger partial charge on any atom is 0.195 e. The fourth-order valence-corrected chi connectivity index (χ4v) is 1.65. The molecule has 2 aromatic rings. The highest BCUT2D eigenvalue weighted by atomic mass is 19.2. The van der Waals surface area contributed by atoms with Crippen LogP contribution in [-0.2, 0) is 0 Å². The Balaban J connectivity index is 2.59. The number of benzene rings is 2. The molecule has 18 heavy (non-hydrogen) atoms. The number of hydrogen-bond donors (Lipinski definition) is 0. The van der Waals surface area contributed by atoms with Crippen molar-refractivity contribution in [3.05, 3.63) is 59.4 Å². The van der Waals surface area contributed by atoms with Crippen LogP contribution >= 0.6 is 0 Å². The summed E-state index contributed by atoms with van der Waals surface area (Å²) in [5.41, 5.74) is 0.646. The van der Waals surface area contributed by atoms with Gasteiger partial charge in [0.05, 0.1) is 0 Å². The largest absolute Gasteiger partial charge is 0.295 e. The number of ketones is 1. The highest BCUT2D eigenvalue weighted by Crippen LogP contribution is 2.26. The Labute approximate surface area is 102 Å². The van der Waals surface area contributed by atoms with Crippen molar-refractivity contribution >= 4 is 5.78 Å². The van der Waals surface area contributed by atoms with Crippen molar-refractivity contribution in [2.45, 2.75) is 6.92 Å². The van der Waals surface area contributed by atoms with Gasteiger partial charge in [0.25, 0.3) is 0 Å². The Morgan fingerprint density at radius 3 is 2.39 bits per heavy atom. The maximum absolute atomic E-state index is 13.6. The fraction of sp³-hybridized carbons (Fsp3) is 0.0714. The molecule has 0 unspecified atom stereocenters. The van der Waals surface area contributed by atoms with E-state index in [1.807, 2.05) is 0 Å². The van der Waals surface area contributed by atoms with Gasteiger partial charge in [-0.15, -0.1) is 0 Å². The number of Topliss-reactive ketones (excluding diaryl/α,β-unsaturated/α-hetero) is 1. The summed E-state index contributed by atoms with van der Waals surface area (Å²) in [6.07, 6.45) is 0. The molecule has 0 saturated carbocycles. The fourth-order valence-electron chi connectivity index (χ4n) is 1.65. The lowest BCUT2D eigenvalue weighted by molar-refractivity contribution is 0.101. The Kier molecular flexibility index (Phi) is 3.19. The van der Waals surface area contributed by atoms with Crippen molar-refractivity contribution in [1.82, 2.24) is 0 Å². The topological polar surface area (TPSA) is 17.1 Å². The van der Waals surface area contributed by atoms with E-state index in [1.54, 1.807) is 12.1 Å². The predicted molar refractivity (Wildman–Crippen MR) is 61.8 cm³/mol. The molecule has 2 rings (SSSR count). The van der Waals surface area contributed by atoms with E-state index >= 15 is 0 Å². The van der Waals surface area contributed by atoms with E-state index in [9.17, 15) is 18.0 Å². The second-order valence-electron chi connectivity index (χ2n) is 3.86. The van der Waals surface area contributed by atoms with Crippen LogP contribution in [0.2, 0.25) is 0 Å². The lowest BCUT2D eigenvalue weighted by Gasteiger charge is -2.06. The van der Waals surface area contributed by atoms with Gasteiger partial charge in [-0.05, 0) is 30.7 Å². The minimum absolute atomic E-state index is 0.0722. The SMILES string of the molecule is CC(=O)c1cccc(-c2ccc(F)c(F)c2F)c1. The standard InChI is InChI=1S/C14H9F3O/c1-8(18)9-3-2-4-10(7-9)11-5-6-12(15)14(17)13(11)16/h2-7H,1H3. The minimum atomic E-state index is -1.51. The van der Waals surface area contributed by atoms with Crippen LogP contribution in [0.15, 0.2) is 36.4 Å². The summed E-state index contributed by atoms with van der Waals surface area (Å²) in [5, 5.41) is 0. The highest BCUT2D eigenvalue weighted by Gasteiger charge is 2.15. The first-order chi connectivity index (χ1) is 8.50. The molecule has 0 aliphatic carbocycles. The molecule has 0 amide bonds. The molecule has 0 saturated heterocycles. The Morgan fingerprint density at radius 2 is 1.72 bits per heavy atom. The number of carbonyl (C=O) groups is 1. The van der Waals surface area contributed by atoms with Crippen molar-refractivity contribution < 1.29 is 18.0 Å². The average Bonchev–Trinajstić information content (AvgIpc) is 2.36. The van der Waals surface area contributed by atoms with Crippen LogP contribution in [0.5, 0.6) is 0 Å². The summed E-state index contributed by atoms with van der Waals surface area (Å²) in [4.78, 5) is 11.2. The zero-order valence-corrected chi connectivity index (χ0v) is 9.51. The lowest BCUT2D eigenvalue weighted by atomic mass is 10.0. The van der Waals surface area contributed by atoms with E-state index in [-0.39, 0.29) is 11.3 Å². The summed E-state index contributed by atoms with van der Waals surface area (Å²) in [7, 11) is 0. The molecule has 4 heteroatoms. The highest BCUT2D eigenvalue weighted by molar-refractivity contribution is 5.95. The van der Waals surface area contributed by atoms with Crippen LogP contribution in [0.1, 0.15) is 17.3 Å². The van der Waals surface area contributed by atoms with Gasteiger partial charge in [-0.3, -0.25) is 4.79 Å². The van der Waals surface area contributed by atoms with Crippen LogP contribution in [0.3, 0.4) is 0 Å². The predicted octanol–water partition coefficient (Wildman–Crippen LogP) is 3.97. The first kappa shape index (κ1) is 12.4. The summed E-state index contributed by atoms with van der Waals surface area (Å²) in [5.74, 6) is -4.18. The first-order valence-electron chi connectivity index (χ1n) is 5.25. The number of rotatable bonds is 2. The Hall–Kier alpha value is -2.10. The van der Waals surface area contributed by atoms with Gasteiger partial charge < -0.3 is 0 Å². The molecule has 0 spiro atoms. The molecule has 0 heterocycles. The van der Waals surface area contributed by atoms with Gasteiger partial charge in [0.2, 0.25) is 0 Å². The van der Waals surface area contributed by atoms with Gasteiger partial charge in [0.1, 0.15) is 0 Å². The molecule has 92 valence electrons. The van der Waals surface area contributed by atoms with Gasteiger partial charge in [0, 0.05) is 11.1 Å². The molecule has 2 aromatic carbocycles. The van der Waals surface area contributed by atoms with E-state index in [4.69, 9.17) is 0 Å². The zero-order chi connectivity index (χ0) is 13.3. The van der Waals surface area contributed by atoms with E-state index in [1.165, 1.54) is 19.1 Å². The molecule has 0 bridgehead atoms. The first-order valence-corrected chi connectivity index (χ1v) is 5.25. The zero-order valence-electron chi connectivity index (χ0n) is 9.51. The Bertz CT molecular complexity index is 620. The minimum Gasteiger partial charge on any atom is -0.295 e. The third-order valence-electron chi connectivity index (χ3n) is 2.62. The van der Waals surface area contributed by atoms with E-state index in [0.29, 0.717) is 11.1 Å². The summed E-state index contributed by atoms with van der Waals surface area (Å²) < 4.78 is 39.5. The third kappa shape index (κ3) is 2.14. The number of hydrogen-bond acceptors (Lipinski definition) is 1. The van der Waals surface area contributed by atoms with Gasteiger partial charge in [-0.2, -0.15) is 0 Å². The van der Waals surface area contributed by atoms with E-state index in [0.717, 1.165) is 12.1 Å². The van der Waals surface area contributed by atoms with Crippen LogP contribution in [0.4, 0.5) is 13.2 Å². The molecule has 0 radical (unpaired) electrons. The van der Waals surface area contributed by atoms with Crippen LogP contribution in [-0.4, -0.2) is 5.78 Å². The van der Waals surface area contributed by atoms with Gasteiger partial charge in [-0.25, -0.2) is 13.2 Å². The smallest absolute Gasteiger partial charge is 0.195 e. The molecule has 0 aliphatic rings. The maximum atomic E-state index is 13.6. The van der Waals surface area contributed by atoms with Crippen molar-refractivity contribution in [3.63, 3.8) is 0 Å². The molecule has 0 N–H and O–H groups in total. The normalized spacial score (nSPS) is 10.4. The lowest BCUT2D eigenvalue weighted by Crippen LogP contribution is -1.96. The van der Waals surface area contributed by atoms with Crippen LogP contribution in [0.25, 0.3) is 11.1 Å². The number of halogens is 3. The molecule has 0 aliphatic heterocycles. The van der Waals surface area contributed by atoms with Crippen molar-refractivity contribution in [1.29, 1.82) is 0 Å². The monoisotopic (exact) mass is 250 g/mol. The van der Waals surface area contributed by atoms with Gasteiger partial charge >= 0.3 is 0 Å². The van der Waals surface area contributed by atoms with Crippen molar-refractivity contribution in [2.75, 3.05) is 0 Å². The van der Waals surface area contributed by atoms with Gasteiger partial charge in [-0.1, -0.05) is 18.2 Å². The average molecular weight is 250 g/mol. The second-order valence-corrected chi connectivity index (χ2v) is 3.86. The molecule has 0 fully saturated rings. The summed E-state index contributed by atoms with van der Waals surface area (Å²) in [6.45, 7) is 1.38.